The summed E-state index contributed by atoms with van der Waals surface area (Å²) in [6, 6.07) is 17.6. The largest absolute Gasteiger partial charge is 0.462 e. The van der Waals surface area contributed by atoms with E-state index in [2.05, 4.69) is 39.3 Å². The predicted octanol–water partition coefficient (Wildman–Crippen LogP) is 7.83. The van der Waals surface area contributed by atoms with Crippen molar-refractivity contribution < 1.29 is 19.1 Å². The van der Waals surface area contributed by atoms with Gasteiger partial charge in [0.25, 0.3) is 0 Å². The molecule has 0 aliphatic rings. The van der Waals surface area contributed by atoms with Gasteiger partial charge in [0, 0.05) is 52.0 Å². The Bertz CT molecular complexity index is 1460. The van der Waals surface area contributed by atoms with E-state index in [4.69, 9.17) is 9.47 Å². The number of carbonyl (C=O) groups is 2. The Labute approximate surface area is 239 Å². The van der Waals surface area contributed by atoms with Crippen LogP contribution in [-0.2, 0) is 23.6 Å². The Morgan fingerprint density at radius 1 is 0.650 bits per heavy atom. The number of hydrogen-bond acceptors (Lipinski definition) is 4. The third-order valence-corrected chi connectivity index (χ3v) is 10.7. The predicted molar refractivity (Wildman–Crippen MR) is 172 cm³/mol. The quantitative estimate of drug-likeness (QED) is 0.143. The molecule has 0 saturated carbocycles. The van der Waals surface area contributed by atoms with E-state index in [0.717, 1.165) is 45.3 Å². The van der Waals surface area contributed by atoms with E-state index < -0.39 is 16.1 Å². The van der Waals surface area contributed by atoms with Gasteiger partial charge in [0.05, 0.1) is 35.7 Å². The van der Waals surface area contributed by atoms with Crippen molar-refractivity contribution in [2.75, 3.05) is 13.2 Å². The molecule has 0 saturated heterocycles. The van der Waals surface area contributed by atoms with Gasteiger partial charge in [-0.15, -0.1) is 0 Å². The first-order valence-electron chi connectivity index (χ1n) is 14.0. The lowest BCUT2D eigenvalue weighted by atomic mass is 10.1. The molecule has 2 aromatic carbocycles. The molecule has 0 amide bonds. The average Bonchev–Trinajstić information content (AvgIpc) is 3.32. The van der Waals surface area contributed by atoms with Gasteiger partial charge < -0.3 is 18.6 Å². The lowest BCUT2D eigenvalue weighted by molar-refractivity contribution is 0.0517. The number of aromatic nitrogens is 2. The highest BCUT2D eigenvalue weighted by atomic mass is 28.3. The molecule has 0 fully saturated rings. The fourth-order valence-electron chi connectivity index (χ4n) is 4.85. The van der Waals surface area contributed by atoms with E-state index in [0.29, 0.717) is 24.3 Å². The van der Waals surface area contributed by atoms with Gasteiger partial charge in [-0.3, -0.25) is 0 Å². The van der Waals surface area contributed by atoms with Crippen molar-refractivity contribution in [1.29, 1.82) is 0 Å². The molecule has 0 bridgehead atoms. The van der Waals surface area contributed by atoms with Gasteiger partial charge >= 0.3 is 11.9 Å². The number of hydrogen-bond donors (Lipinski definition) is 0. The minimum Gasteiger partial charge on any atom is -0.462 e. The summed E-state index contributed by atoms with van der Waals surface area (Å²) >= 11 is 0. The molecule has 8 heteroatoms. The number of fused-ring (bicyclic) bond motifs is 2. The highest BCUT2D eigenvalue weighted by Crippen LogP contribution is 2.31. The third-order valence-electron chi connectivity index (χ3n) is 7.28. The van der Waals surface area contributed by atoms with Crippen molar-refractivity contribution in [3.8, 4) is 0 Å². The molecule has 2 aromatic heterocycles. The first-order chi connectivity index (χ1) is 18.8. The van der Waals surface area contributed by atoms with Gasteiger partial charge in [-0.1, -0.05) is 75.7 Å². The van der Waals surface area contributed by atoms with E-state index >= 15 is 0 Å². The molecular formula is C32H42N2O4Si2. The molecule has 40 heavy (non-hydrogen) atoms. The van der Waals surface area contributed by atoms with Gasteiger partial charge in [-0.2, -0.15) is 0 Å². The summed E-state index contributed by atoms with van der Waals surface area (Å²) in [5.74, 6) is -0.643. The van der Waals surface area contributed by atoms with Crippen molar-refractivity contribution in [2.45, 2.75) is 51.4 Å². The maximum atomic E-state index is 13.4. The van der Waals surface area contributed by atoms with Crippen LogP contribution in [0.5, 0.6) is 0 Å². The second kappa shape index (κ2) is 11.6. The van der Waals surface area contributed by atoms with E-state index in [-0.39, 0.29) is 11.9 Å². The Kier molecular flexibility index (Phi) is 8.61. The van der Waals surface area contributed by atoms with E-state index in [1.807, 2.05) is 83.9 Å². The number of rotatable bonds is 10. The number of benzene rings is 2. The zero-order chi connectivity index (χ0) is 29.2. The molecule has 2 heterocycles. The summed E-state index contributed by atoms with van der Waals surface area (Å²) in [6.45, 7) is 14.4. The molecule has 4 aromatic rings. The molecule has 0 spiro atoms. The highest BCUT2D eigenvalue weighted by Gasteiger charge is 2.25. The van der Waals surface area contributed by atoms with Crippen LogP contribution in [-0.4, -0.2) is 50.4 Å². The van der Waals surface area contributed by atoms with Crippen LogP contribution in [0.1, 0.15) is 32.1 Å². The number of nitrogens with zero attached hydrogens (tertiary/aromatic N) is 2. The molecule has 4 rings (SSSR count). The smallest absolute Gasteiger partial charge is 0.340 e. The molecule has 0 unspecified atom stereocenters. The van der Waals surface area contributed by atoms with Gasteiger partial charge in [-0.05, 0) is 36.4 Å². The zero-order valence-electron chi connectivity index (χ0n) is 25.1. The summed E-state index contributed by atoms with van der Waals surface area (Å²) in [5.41, 5.74) is 4.46. The van der Waals surface area contributed by atoms with E-state index in [9.17, 15) is 9.59 Å². The summed E-state index contributed by atoms with van der Waals surface area (Å²) in [6.07, 6.45) is 3.84. The van der Waals surface area contributed by atoms with Crippen LogP contribution in [0.3, 0.4) is 0 Å². The summed E-state index contributed by atoms with van der Waals surface area (Å²) < 4.78 is 15.6. The van der Waals surface area contributed by atoms with Crippen LogP contribution in [0.15, 0.2) is 48.5 Å². The van der Waals surface area contributed by atoms with E-state index in [1.54, 1.807) is 0 Å². The Hall–Kier alpha value is -3.37. The third kappa shape index (κ3) is 6.50. The van der Waals surface area contributed by atoms with Crippen molar-refractivity contribution in [2.24, 2.45) is 14.1 Å². The molecule has 0 aliphatic heterocycles. The van der Waals surface area contributed by atoms with Crippen LogP contribution in [0, 0.1) is 0 Å². The van der Waals surface area contributed by atoms with Gasteiger partial charge in [0.2, 0.25) is 0 Å². The normalized spacial score (nSPS) is 12.5. The van der Waals surface area contributed by atoms with E-state index in [1.165, 1.54) is 0 Å². The lowest BCUT2D eigenvalue weighted by Gasteiger charge is -2.15. The van der Waals surface area contributed by atoms with Crippen LogP contribution < -0.4 is 0 Å². The van der Waals surface area contributed by atoms with Crippen molar-refractivity contribution in [3.05, 3.63) is 71.0 Å². The molecule has 0 aliphatic carbocycles. The summed E-state index contributed by atoms with van der Waals surface area (Å²) in [4.78, 5) is 26.9. The standard InChI is InChI=1S/C32H42N2O4Si2/c1-33-25-15-11-9-13-23(25)29(31(35)37-19-21-39(3,4)5)27(33)17-18-28-30(32(36)38-20-22-40(6,7)8)24-14-10-12-16-26(24)34(28)2/h9-18H,19-22H2,1-8H3/b18-17+. The minimum absolute atomic E-state index is 0.322. The maximum Gasteiger partial charge on any atom is 0.340 e. The molecule has 0 N–H and O–H groups in total. The van der Waals surface area contributed by atoms with Crippen molar-refractivity contribution in [1.82, 2.24) is 9.13 Å². The van der Waals surface area contributed by atoms with Gasteiger partial charge in [0.1, 0.15) is 0 Å². The molecule has 212 valence electrons. The Balaban J connectivity index is 1.76. The van der Waals surface area contributed by atoms with Crippen LogP contribution >= 0.6 is 0 Å². The van der Waals surface area contributed by atoms with Crippen molar-refractivity contribution >= 4 is 62.0 Å². The second-order valence-corrected chi connectivity index (χ2v) is 24.1. The SMILES string of the molecule is Cn1c(/C=C/c2c(C(=O)OCC[Si](C)(C)C)c3ccccc3n2C)c(C(=O)OCC[Si](C)(C)C)c2ccccc21. The highest BCUT2D eigenvalue weighted by molar-refractivity contribution is 6.76. The summed E-state index contributed by atoms with van der Waals surface area (Å²) in [7, 11) is 1.21. The minimum atomic E-state index is -1.35. The molecular weight excluding hydrogens is 533 g/mol. The van der Waals surface area contributed by atoms with Crippen molar-refractivity contribution in [3.63, 3.8) is 0 Å². The number of aryl methyl sites for hydroxylation is 2. The average molecular weight is 575 g/mol. The second-order valence-electron chi connectivity index (χ2n) is 12.9. The van der Waals surface area contributed by atoms with Crippen LogP contribution in [0.2, 0.25) is 51.4 Å². The van der Waals surface area contributed by atoms with Crippen LogP contribution in [0.4, 0.5) is 0 Å². The Morgan fingerprint density at radius 2 is 1.00 bits per heavy atom. The molecule has 0 radical (unpaired) electrons. The number of para-hydroxylation sites is 2. The Morgan fingerprint density at radius 3 is 1.35 bits per heavy atom. The fourth-order valence-corrected chi connectivity index (χ4v) is 6.28. The number of carbonyl (C=O) groups excluding carboxylic acids is 2. The molecule has 0 atom stereocenters. The number of esters is 2. The fraction of sp³-hybridized carbons (Fsp3) is 0.375. The zero-order valence-corrected chi connectivity index (χ0v) is 27.1. The topological polar surface area (TPSA) is 62.5 Å². The monoisotopic (exact) mass is 574 g/mol. The maximum absolute atomic E-state index is 13.4. The molecule has 6 nitrogen and oxygen atoms in total. The lowest BCUT2D eigenvalue weighted by Crippen LogP contribution is -2.23. The van der Waals surface area contributed by atoms with Gasteiger partial charge in [0.15, 0.2) is 0 Å². The summed E-state index contributed by atoms with van der Waals surface area (Å²) in [5, 5.41) is 1.70. The first kappa shape index (κ1) is 29.6. The first-order valence-corrected chi connectivity index (χ1v) is 21.4. The van der Waals surface area contributed by atoms with Gasteiger partial charge in [-0.25, -0.2) is 9.59 Å². The number of ether oxygens (including phenoxy) is 2. The van der Waals surface area contributed by atoms with Crippen LogP contribution in [0.25, 0.3) is 34.0 Å².